The summed E-state index contributed by atoms with van der Waals surface area (Å²) in [6, 6.07) is 78.0. The van der Waals surface area contributed by atoms with Crippen molar-refractivity contribution in [1.82, 2.24) is 29.9 Å². The third kappa shape index (κ3) is 12.1. The maximum Gasteiger partial charge on any atom is 3.00 e. The van der Waals surface area contributed by atoms with Crippen LogP contribution in [0.2, 0.25) is 0 Å². The van der Waals surface area contributed by atoms with Gasteiger partial charge in [0.05, 0.1) is 0 Å². The first-order valence-corrected chi connectivity index (χ1v) is 19.2. The van der Waals surface area contributed by atoms with Crippen LogP contribution in [0.1, 0.15) is 0 Å². The Hall–Kier alpha value is -6.92. The number of rotatable bonds is 7. The Morgan fingerprint density at radius 2 is 0.581 bits per heavy atom. The molecule has 62 heavy (non-hydrogen) atoms. The van der Waals surface area contributed by atoms with E-state index >= 15 is 0 Å². The molecular weight excluding hydrogens is 1120 g/mol. The van der Waals surface area contributed by atoms with Crippen molar-refractivity contribution in [2.75, 3.05) is 0 Å². The zero-order chi connectivity index (χ0) is 40.6. The SMILES string of the molecule is [Ir+3].[Ir+3].[c-]1c(-c2ccccn2)cccc1-c1ccccn1.[c-]1c(-c2ccccn2)cccc1-c1ccccn1.[c-]1ccccc1-c1cc[c-]c(-c2[c-]ccc(-c3[c-]cccc3)n2)n1. The Morgan fingerprint density at radius 3 is 0.871 bits per heavy atom. The van der Waals surface area contributed by atoms with Crippen molar-refractivity contribution in [3.8, 4) is 78.9 Å². The molecule has 6 aromatic heterocycles. The van der Waals surface area contributed by atoms with Crippen LogP contribution in [0, 0.1) is 36.4 Å². The van der Waals surface area contributed by atoms with E-state index in [0.29, 0.717) is 11.4 Å². The van der Waals surface area contributed by atoms with E-state index in [4.69, 9.17) is 0 Å². The second kappa shape index (κ2) is 23.2. The van der Waals surface area contributed by atoms with E-state index in [1.165, 1.54) is 0 Å². The van der Waals surface area contributed by atoms with E-state index in [-0.39, 0.29) is 40.2 Å². The van der Waals surface area contributed by atoms with Gasteiger partial charge < -0.3 is 9.97 Å². The number of pyridine rings is 6. The summed E-state index contributed by atoms with van der Waals surface area (Å²) in [6.45, 7) is 0. The minimum absolute atomic E-state index is 0. The van der Waals surface area contributed by atoms with Crippen LogP contribution in [0.15, 0.2) is 207 Å². The largest absolute Gasteiger partial charge is 3.00 e. The minimum Gasteiger partial charge on any atom is -0.397 e. The van der Waals surface area contributed by atoms with E-state index in [2.05, 4.69) is 66.3 Å². The zero-order valence-corrected chi connectivity index (χ0v) is 37.8. The molecule has 0 aliphatic heterocycles. The first kappa shape index (κ1) is 44.6. The fraction of sp³-hybridized carbons (Fsp3) is 0. The Kier molecular flexibility index (Phi) is 16.7. The van der Waals surface area contributed by atoms with E-state index in [1.54, 1.807) is 24.8 Å². The monoisotopic (exact) mass is 1150 g/mol. The fourth-order valence-electron chi connectivity index (χ4n) is 6.05. The summed E-state index contributed by atoms with van der Waals surface area (Å²) < 4.78 is 0. The van der Waals surface area contributed by atoms with Gasteiger partial charge in [-0.3, -0.25) is 19.9 Å². The van der Waals surface area contributed by atoms with Gasteiger partial charge >= 0.3 is 40.2 Å². The van der Waals surface area contributed by atoms with Crippen LogP contribution in [0.3, 0.4) is 0 Å². The molecule has 0 aliphatic rings. The molecule has 6 heterocycles. The molecule has 0 atom stereocenters. The molecule has 0 fully saturated rings. The molecule has 0 unspecified atom stereocenters. The summed E-state index contributed by atoms with van der Waals surface area (Å²) in [5.74, 6) is 0. The van der Waals surface area contributed by atoms with Gasteiger partial charge in [-0.2, -0.15) is 24.3 Å². The summed E-state index contributed by atoms with van der Waals surface area (Å²) in [5, 5.41) is 0. The van der Waals surface area contributed by atoms with E-state index in [1.807, 2.05) is 182 Å². The second-order valence-electron chi connectivity index (χ2n) is 13.0. The molecule has 10 aromatic rings. The summed E-state index contributed by atoms with van der Waals surface area (Å²) in [7, 11) is 0. The van der Waals surface area contributed by atoms with Gasteiger partial charge in [-0.05, 0) is 24.3 Å². The number of hydrogen-bond acceptors (Lipinski definition) is 6. The van der Waals surface area contributed by atoms with Crippen molar-refractivity contribution in [3.63, 3.8) is 0 Å². The molecule has 8 heteroatoms. The van der Waals surface area contributed by atoms with E-state index in [9.17, 15) is 0 Å². The van der Waals surface area contributed by atoms with Gasteiger partial charge in [-0.1, -0.05) is 82.2 Å². The van der Waals surface area contributed by atoms with Crippen LogP contribution in [0.4, 0.5) is 0 Å². The standard InChI is InChI=1S/C22H12N2.2C16H11N2.2Ir/c1-3-9-17(10-4-1)19-13-7-15-21(23-19)22-16-8-14-20(24-22)18-11-5-2-6-12-18;2*1-3-10-17-15(8-1)13-6-5-7-14(12-13)16-9-2-4-11-18-16;;/h1-9,11,13-14H;2*1-11H;;/q-4;2*-1;2*+3. The molecule has 10 rings (SSSR count). The quantitative estimate of drug-likeness (QED) is 0.148. The second-order valence-corrected chi connectivity index (χ2v) is 13.0. The Morgan fingerprint density at radius 1 is 0.258 bits per heavy atom. The number of hydrogen-bond donors (Lipinski definition) is 0. The normalized spacial score (nSPS) is 10.0. The number of benzene rings is 4. The molecule has 0 spiro atoms. The van der Waals surface area contributed by atoms with Crippen LogP contribution in [0.5, 0.6) is 0 Å². The zero-order valence-electron chi connectivity index (χ0n) is 33.0. The first-order valence-electron chi connectivity index (χ1n) is 19.2. The van der Waals surface area contributed by atoms with Crippen molar-refractivity contribution >= 4 is 0 Å². The van der Waals surface area contributed by atoms with Gasteiger partial charge in [0, 0.05) is 47.6 Å². The fourth-order valence-corrected chi connectivity index (χ4v) is 6.05. The molecular formula is C54H34Ir2N6. The molecule has 4 aromatic carbocycles. The predicted octanol–water partition coefficient (Wildman–Crippen LogP) is 11.9. The summed E-state index contributed by atoms with van der Waals surface area (Å²) in [4.78, 5) is 26.6. The van der Waals surface area contributed by atoms with E-state index < -0.39 is 0 Å². The van der Waals surface area contributed by atoms with Gasteiger partial charge in [0.25, 0.3) is 0 Å². The smallest absolute Gasteiger partial charge is 0.397 e. The van der Waals surface area contributed by atoms with E-state index in [0.717, 1.165) is 67.5 Å². The minimum atomic E-state index is 0. The molecule has 0 bridgehead atoms. The van der Waals surface area contributed by atoms with Crippen LogP contribution in [-0.4, -0.2) is 29.9 Å². The molecule has 6 nitrogen and oxygen atoms in total. The number of nitrogens with zero attached hydrogens (tertiary/aromatic N) is 6. The Labute approximate surface area is 389 Å². The van der Waals surface area contributed by atoms with Crippen LogP contribution < -0.4 is 0 Å². The van der Waals surface area contributed by atoms with Crippen molar-refractivity contribution in [3.05, 3.63) is 243 Å². The van der Waals surface area contributed by atoms with Crippen LogP contribution in [0.25, 0.3) is 78.9 Å². The first-order chi connectivity index (χ1) is 29.8. The van der Waals surface area contributed by atoms with Gasteiger partial charge in [0.15, 0.2) is 0 Å². The summed E-state index contributed by atoms with van der Waals surface area (Å²) in [5.41, 5.74) is 12.6. The molecule has 0 N–H and O–H groups in total. The van der Waals surface area contributed by atoms with Crippen LogP contribution in [-0.2, 0) is 40.2 Å². The molecule has 0 saturated carbocycles. The maximum atomic E-state index is 4.66. The van der Waals surface area contributed by atoms with Crippen molar-refractivity contribution in [1.29, 1.82) is 0 Å². The average molecular weight is 1150 g/mol. The predicted molar refractivity (Wildman–Crippen MR) is 237 cm³/mol. The summed E-state index contributed by atoms with van der Waals surface area (Å²) in [6.07, 6.45) is 7.15. The van der Waals surface area contributed by atoms with Crippen LogP contribution >= 0.6 is 0 Å². The molecule has 0 aliphatic carbocycles. The maximum absolute atomic E-state index is 4.66. The molecule has 298 valence electrons. The number of aromatic nitrogens is 6. The van der Waals surface area contributed by atoms with Gasteiger partial charge in [-0.15, -0.1) is 132 Å². The average Bonchev–Trinajstić information content (AvgIpc) is 3.36. The van der Waals surface area contributed by atoms with Crippen molar-refractivity contribution in [2.45, 2.75) is 0 Å². The van der Waals surface area contributed by atoms with Gasteiger partial charge in [0.2, 0.25) is 0 Å². The Bertz CT molecular complexity index is 2540. The van der Waals surface area contributed by atoms with Crippen molar-refractivity contribution in [2.24, 2.45) is 0 Å². The van der Waals surface area contributed by atoms with Gasteiger partial charge in [-0.25, -0.2) is 12.1 Å². The topological polar surface area (TPSA) is 77.3 Å². The van der Waals surface area contributed by atoms with Gasteiger partial charge in [0.1, 0.15) is 0 Å². The molecule has 0 saturated heterocycles. The third-order valence-corrected chi connectivity index (χ3v) is 8.93. The third-order valence-electron chi connectivity index (χ3n) is 8.93. The molecule has 0 amide bonds. The summed E-state index contributed by atoms with van der Waals surface area (Å²) >= 11 is 0. The Balaban J connectivity index is 0.000000155. The molecule has 0 radical (unpaired) electrons. The van der Waals surface area contributed by atoms with Crippen molar-refractivity contribution < 1.29 is 40.2 Å².